The second kappa shape index (κ2) is 9.65. The zero-order valence-corrected chi connectivity index (χ0v) is 17.5. The van der Waals surface area contributed by atoms with E-state index in [4.69, 9.17) is 9.47 Å². The molecule has 158 valence electrons. The van der Waals surface area contributed by atoms with E-state index >= 15 is 0 Å². The first kappa shape index (κ1) is 22.6. The molecule has 0 bridgehead atoms. The van der Waals surface area contributed by atoms with Crippen LogP contribution in [0.1, 0.15) is 0 Å². The fourth-order valence-electron chi connectivity index (χ4n) is 2.60. The highest BCUT2D eigenvalue weighted by atomic mass is 32.2. The van der Waals surface area contributed by atoms with Crippen molar-refractivity contribution in [3.05, 3.63) is 24.3 Å². The van der Waals surface area contributed by atoms with Gasteiger partial charge in [0.25, 0.3) is 0 Å². The molecule has 12 heteroatoms. The van der Waals surface area contributed by atoms with E-state index in [1.165, 1.54) is 35.7 Å². The first-order valence-electron chi connectivity index (χ1n) is 8.57. The Bertz CT molecular complexity index is 864. The average molecular weight is 436 g/mol. The number of ether oxygens (including phenoxy) is 2. The van der Waals surface area contributed by atoms with Crippen molar-refractivity contribution in [1.29, 1.82) is 0 Å². The van der Waals surface area contributed by atoms with Crippen LogP contribution in [0.25, 0.3) is 0 Å². The highest BCUT2D eigenvalue weighted by molar-refractivity contribution is 7.92. The van der Waals surface area contributed by atoms with Crippen molar-refractivity contribution in [3.63, 3.8) is 0 Å². The molecule has 0 radical (unpaired) electrons. The zero-order chi connectivity index (χ0) is 20.8. The summed E-state index contributed by atoms with van der Waals surface area (Å²) in [5.41, 5.74) is 0.199. The molecule has 0 aromatic heterocycles. The van der Waals surface area contributed by atoms with Crippen LogP contribution in [-0.4, -0.2) is 86.4 Å². The second-order valence-corrected chi connectivity index (χ2v) is 9.97. The van der Waals surface area contributed by atoms with Crippen molar-refractivity contribution in [1.82, 2.24) is 9.62 Å². The molecule has 1 aromatic carbocycles. The fraction of sp³-hybridized carbons (Fsp3) is 0.562. The number of amides is 1. The summed E-state index contributed by atoms with van der Waals surface area (Å²) in [6, 6.07) is 5.41. The van der Waals surface area contributed by atoms with Crippen molar-refractivity contribution in [3.8, 4) is 0 Å². The summed E-state index contributed by atoms with van der Waals surface area (Å²) < 4.78 is 61.8. The quantitative estimate of drug-likeness (QED) is 0.506. The van der Waals surface area contributed by atoms with Crippen LogP contribution in [0.2, 0.25) is 0 Å². The maximum absolute atomic E-state index is 12.7. The zero-order valence-electron chi connectivity index (χ0n) is 15.8. The average Bonchev–Trinajstić information content (AvgIpc) is 2.66. The number of nitrogens with one attached hydrogen (secondary N) is 1. The van der Waals surface area contributed by atoms with Crippen LogP contribution in [-0.2, 0) is 34.3 Å². The van der Waals surface area contributed by atoms with Gasteiger partial charge in [0, 0.05) is 26.7 Å². The summed E-state index contributed by atoms with van der Waals surface area (Å²) in [6.07, 6.45) is 0.980. The largest absolute Gasteiger partial charge is 0.383 e. The highest BCUT2D eigenvalue weighted by Gasteiger charge is 2.27. The van der Waals surface area contributed by atoms with Gasteiger partial charge in [0.1, 0.15) is 6.54 Å². The molecule has 1 fully saturated rings. The van der Waals surface area contributed by atoms with Gasteiger partial charge in [-0.15, -0.1) is 0 Å². The predicted octanol–water partition coefficient (Wildman–Crippen LogP) is -0.764. The third kappa shape index (κ3) is 5.88. The molecule has 10 nitrogen and oxygen atoms in total. The van der Waals surface area contributed by atoms with E-state index in [1.807, 2.05) is 0 Å². The third-order valence-electron chi connectivity index (χ3n) is 4.05. The van der Waals surface area contributed by atoms with Gasteiger partial charge in [-0.2, -0.15) is 4.31 Å². The lowest BCUT2D eigenvalue weighted by Crippen LogP contribution is -2.41. The van der Waals surface area contributed by atoms with Crippen molar-refractivity contribution < 1.29 is 31.1 Å². The number of morpholine rings is 1. The Morgan fingerprint density at radius 3 is 2.32 bits per heavy atom. The molecule has 2 rings (SSSR count). The van der Waals surface area contributed by atoms with E-state index in [2.05, 4.69) is 5.32 Å². The van der Waals surface area contributed by atoms with Gasteiger partial charge >= 0.3 is 0 Å². The normalized spacial score (nSPS) is 15.9. The van der Waals surface area contributed by atoms with Crippen molar-refractivity contribution >= 4 is 31.6 Å². The van der Waals surface area contributed by atoms with E-state index in [9.17, 15) is 21.6 Å². The maximum Gasteiger partial charge on any atom is 0.243 e. The number of anilines is 1. The van der Waals surface area contributed by atoms with Gasteiger partial charge in [-0.25, -0.2) is 16.8 Å². The molecule has 1 N–H and O–H groups in total. The molecule has 1 aromatic rings. The van der Waals surface area contributed by atoms with Gasteiger partial charge in [0.15, 0.2) is 0 Å². The second-order valence-electron chi connectivity index (χ2n) is 6.12. The van der Waals surface area contributed by atoms with Crippen LogP contribution in [0.4, 0.5) is 5.69 Å². The van der Waals surface area contributed by atoms with Crippen LogP contribution in [0.3, 0.4) is 0 Å². The van der Waals surface area contributed by atoms with Gasteiger partial charge in [0.2, 0.25) is 26.0 Å². The lowest BCUT2D eigenvalue weighted by atomic mass is 10.3. The number of nitrogens with zero attached hydrogens (tertiary/aromatic N) is 2. The van der Waals surface area contributed by atoms with Crippen LogP contribution < -0.4 is 9.62 Å². The summed E-state index contributed by atoms with van der Waals surface area (Å²) in [5.74, 6) is -0.493. The smallest absolute Gasteiger partial charge is 0.243 e. The molecule has 1 aliphatic rings. The molecule has 1 amide bonds. The standard InChI is InChI=1S/C16H25N3O7S2/c1-25-10-7-17-16(20)13-19(27(2,21)22)14-3-5-15(6-4-14)28(23,24)18-8-11-26-12-9-18/h3-6H,7-13H2,1-2H3,(H,17,20). The molecule has 1 saturated heterocycles. The molecular formula is C16H25N3O7S2. The number of benzene rings is 1. The summed E-state index contributed by atoms with van der Waals surface area (Å²) in [7, 11) is -5.95. The molecule has 0 aliphatic carbocycles. The predicted molar refractivity (Wildman–Crippen MR) is 103 cm³/mol. The van der Waals surface area contributed by atoms with Crippen molar-refractivity contribution in [2.45, 2.75) is 4.90 Å². The van der Waals surface area contributed by atoms with E-state index in [1.54, 1.807) is 0 Å². The Balaban J connectivity index is 2.18. The molecule has 1 aliphatic heterocycles. The Kier molecular flexibility index (Phi) is 7.78. The van der Waals surface area contributed by atoms with Gasteiger partial charge < -0.3 is 14.8 Å². The Morgan fingerprint density at radius 2 is 1.79 bits per heavy atom. The van der Waals surface area contributed by atoms with Crippen LogP contribution in [0, 0.1) is 0 Å². The third-order valence-corrected chi connectivity index (χ3v) is 7.10. The number of carbonyl (C=O) groups excluding carboxylic acids is 1. The molecule has 28 heavy (non-hydrogen) atoms. The molecule has 0 saturated carbocycles. The summed E-state index contributed by atoms with van der Waals surface area (Å²) >= 11 is 0. The molecule has 0 unspecified atom stereocenters. The number of hydrogen-bond donors (Lipinski definition) is 1. The van der Waals surface area contributed by atoms with Gasteiger partial charge in [-0.3, -0.25) is 9.10 Å². The molecule has 1 heterocycles. The molecule has 0 spiro atoms. The van der Waals surface area contributed by atoms with Crippen LogP contribution in [0.5, 0.6) is 0 Å². The minimum absolute atomic E-state index is 0.0520. The fourth-order valence-corrected chi connectivity index (χ4v) is 4.86. The Morgan fingerprint density at radius 1 is 1.18 bits per heavy atom. The number of carbonyl (C=O) groups is 1. The van der Waals surface area contributed by atoms with E-state index < -0.39 is 32.5 Å². The number of hydrogen-bond acceptors (Lipinski definition) is 7. The lowest BCUT2D eigenvalue weighted by molar-refractivity contribution is -0.119. The summed E-state index contributed by atoms with van der Waals surface area (Å²) in [6.45, 7) is 1.33. The minimum Gasteiger partial charge on any atom is -0.383 e. The molecular weight excluding hydrogens is 410 g/mol. The minimum atomic E-state index is -3.75. The van der Waals surface area contributed by atoms with Gasteiger partial charge in [-0.1, -0.05) is 0 Å². The van der Waals surface area contributed by atoms with Gasteiger partial charge in [-0.05, 0) is 24.3 Å². The van der Waals surface area contributed by atoms with E-state index in [-0.39, 0.29) is 30.2 Å². The Labute approximate surface area is 165 Å². The SMILES string of the molecule is COCCNC(=O)CN(c1ccc(S(=O)(=O)N2CCOCC2)cc1)S(C)(=O)=O. The molecule has 0 atom stereocenters. The van der Waals surface area contributed by atoms with Crippen molar-refractivity contribution in [2.24, 2.45) is 0 Å². The number of rotatable bonds is 9. The van der Waals surface area contributed by atoms with Gasteiger partial charge in [0.05, 0.1) is 36.7 Å². The first-order chi connectivity index (χ1) is 13.2. The monoisotopic (exact) mass is 435 g/mol. The van der Waals surface area contributed by atoms with E-state index in [0.717, 1.165) is 10.6 Å². The first-order valence-corrected chi connectivity index (χ1v) is 11.9. The topological polar surface area (TPSA) is 122 Å². The summed E-state index contributed by atoms with van der Waals surface area (Å²) in [4.78, 5) is 12.0. The number of methoxy groups -OCH3 is 1. The van der Waals surface area contributed by atoms with Crippen LogP contribution in [0.15, 0.2) is 29.2 Å². The lowest BCUT2D eigenvalue weighted by Gasteiger charge is -2.26. The highest BCUT2D eigenvalue weighted by Crippen LogP contribution is 2.23. The summed E-state index contributed by atoms with van der Waals surface area (Å²) in [5, 5.41) is 2.55. The maximum atomic E-state index is 12.7. The van der Waals surface area contributed by atoms with E-state index in [0.29, 0.717) is 19.8 Å². The van der Waals surface area contributed by atoms with Crippen LogP contribution >= 0.6 is 0 Å². The van der Waals surface area contributed by atoms with Crippen molar-refractivity contribution in [2.75, 3.05) is 63.7 Å². The number of sulfonamides is 2. The Hall–Kier alpha value is -1.73.